The number of benzene rings is 2. The van der Waals surface area contributed by atoms with Crippen LogP contribution in [0.25, 0.3) is 0 Å². The molecule has 0 saturated heterocycles. The third kappa shape index (κ3) is 5.94. The maximum atomic E-state index is 8.90. The number of ether oxygens (including phenoxy) is 2. The maximum absolute atomic E-state index is 8.90. The van der Waals surface area contributed by atoms with Crippen molar-refractivity contribution in [2.75, 3.05) is 26.4 Å². The quantitative estimate of drug-likeness (QED) is 0.443. The Bertz CT molecular complexity index is 629. The molecule has 0 aliphatic carbocycles. The minimum absolute atomic E-state index is 0.0343. The van der Waals surface area contributed by atoms with Crippen LogP contribution in [0.2, 0.25) is 0 Å². The Labute approximate surface area is 180 Å². The molecule has 136 valence electrons. The smallest absolute Gasteiger partial charge is 0.147 e. The lowest BCUT2D eigenvalue weighted by molar-refractivity contribution is 0.200. The van der Waals surface area contributed by atoms with Crippen molar-refractivity contribution in [3.05, 3.63) is 53.3 Å². The van der Waals surface area contributed by atoms with E-state index in [4.69, 9.17) is 19.7 Å². The molecule has 0 fully saturated rings. The predicted octanol–water partition coefficient (Wildman–Crippen LogP) is 5.07. The van der Waals surface area contributed by atoms with Crippen molar-refractivity contribution in [2.24, 2.45) is 0 Å². The lowest BCUT2D eigenvalue weighted by Gasteiger charge is -2.13. The summed E-state index contributed by atoms with van der Waals surface area (Å²) >= 11 is 14.0. The number of rotatable bonds is 8. The fraction of sp³-hybridized carbons (Fsp3) is 0.294. The molecule has 2 rings (SSSR count). The summed E-state index contributed by atoms with van der Waals surface area (Å²) in [4.78, 5) is 0. The highest BCUT2D eigenvalue weighted by Crippen LogP contribution is 2.38. The van der Waals surface area contributed by atoms with Crippen LogP contribution < -0.4 is 9.47 Å². The molecule has 2 aromatic carbocycles. The highest BCUT2D eigenvalue weighted by molar-refractivity contribution is 9.11. The molecule has 2 N–H and O–H groups in total. The van der Waals surface area contributed by atoms with Gasteiger partial charge in [0.2, 0.25) is 0 Å². The fourth-order valence-corrected chi connectivity index (χ4v) is 5.26. The van der Waals surface area contributed by atoms with Gasteiger partial charge in [-0.3, -0.25) is 0 Å². The second kappa shape index (κ2) is 10.3. The van der Waals surface area contributed by atoms with E-state index in [-0.39, 0.29) is 26.4 Å². The van der Waals surface area contributed by atoms with Gasteiger partial charge in [0, 0.05) is 0 Å². The summed E-state index contributed by atoms with van der Waals surface area (Å²) in [5, 5.41) is 17.8. The fourth-order valence-electron chi connectivity index (χ4n) is 2.24. The largest absolute Gasteiger partial charge is 0.489 e. The summed E-state index contributed by atoms with van der Waals surface area (Å²) in [6.45, 7) is 0.415. The van der Waals surface area contributed by atoms with E-state index < -0.39 is 0 Å². The summed E-state index contributed by atoms with van der Waals surface area (Å²) < 4.78 is 14.3. The molecule has 0 spiro atoms. The standard InChI is InChI=1S/C17H16Br4O4/c18-12-6-10(7-13(19)16(12)24-3-1-22)5-11-8-14(20)17(15(21)9-11)25-4-2-23/h6-9,22-23H,1-5H2. The molecule has 0 amide bonds. The molecule has 0 aromatic heterocycles. The van der Waals surface area contributed by atoms with Gasteiger partial charge in [0.05, 0.1) is 31.1 Å². The first-order valence-electron chi connectivity index (χ1n) is 7.39. The Morgan fingerprint density at radius 3 is 1.24 bits per heavy atom. The van der Waals surface area contributed by atoms with Crippen LogP contribution in [-0.2, 0) is 6.42 Å². The molecule has 0 aliphatic heterocycles. The number of hydrogen-bond donors (Lipinski definition) is 2. The molecule has 4 nitrogen and oxygen atoms in total. The molecule has 25 heavy (non-hydrogen) atoms. The summed E-state index contributed by atoms with van der Waals surface area (Å²) in [6.07, 6.45) is 0.717. The van der Waals surface area contributed by atoms with E-state index in [2.05, 4.69) is 63.7 Å². The molecule has 2 aromatic rings. The monoisotopic (exact) mass is 600 g/mol. The van der Waals surface area contributed by atoms with Crippen molar-refractivity contribution in [2.45, 2.75) is 6.42 Å². The first-order valence-corrected chi connectivity index (χ1v) is 10.6. The van der Waals surface area contributed by atoms with Crippen molar-refractivity contribution in [1.29, 1.82) is 0 Å². The minimum Gasteiger partial charge on any atom is -0.489 e. The van der Waals surface area contributed by atoms with Crippen molar-refractivity contribution < 1.29 is 19.7 Å². The zero-order valence-corrected chi connectivity index (χ0v) is 19.4. The van der Waals surface area contributed by atoms with Crippen molar-refractivity contribution in [3.63, 3.8) is 0 Å². The van der Waals surface area contributed by atoms with Crippen LogP contribution in [0.3, 0.4) is 0 Å². The van der Waals surface area contributed by atoms with Crippen LogP contribution >= 0.6 is 63.7 Å². The summed E-state index contributed by atoms with van der Waals surface area (Å²) in [5.41, 5.74) is 2.19. The van der Waals surface area contributed by atoms with Crippen LogP contribution in [0.4, 0.5) is 0 Å². The van der Waals surface area contributed by atoms with Crippen LogP contribution in [0.5, 0.6) is 11.5 Å². The number of hydrogen-bond acceptors (Lipinski definition) is 4. The molecular weight excluding hydrogens is 588 g/mol. The number of halogens is 4. The van der Waals surface area contributed by atoms with E-state index >= 15 is 0 Å². The Kier molecular flexibility index (Phi) is 8.71. The predicted molar refractivity (Wildman–Crippen MR) is 112 cm³/mol. The van der Waals surface area contributed by atoms with Gasteiger partial charge in [0.1, 0.15) is 24.7 Å². The van der Waals surface area contributed by atoms with E-state index in [1.807, 2.05) is 24.3 Å². The zero-order chi connectivity index (χ0) is 18.4. The Morgan fingerprint density at radius 1 is 0.640 bits per heavy atom. The van der Waals surface area contributed by atoms with Crippen LogP contribution in [0.1, 0.15) is 11.1 Å². The SMILES string of the molecule is OCCOc1c(Br)cc(Cc2cc(Br)c(OCCO)c(Br)c2)cc1Br. The molecule has 0 saturated carbocycles. The second-order valence-electron chi connectivity index (χ2n) is 5.10. The van der Waals surface area contributed by atoms with E-state index in [0.29, 0.717) is 11.5 Å². The van der Waals surface area contributed by atoms with Crippen LogP contribution in [0, 0.1) is 0 Å². The van der Waals surface area contributed by atoms with Gasteiger partial charge in [-0.2, -0.15) is 0 Å². The average molecular weight is 604 g/mol. The van der Waals surface area contributed by atoms with Gasteiger partial charge >= 0.3 is 0 Å². The van der Waals surface area contributed by atoms with Gasteiger partial charge in [-0.15, -0.1) is 0 Å². The summed E-state index contributed by atoms with van der Waals surface area (Å²) in [6, 6.07) is 7.98. The molecule has 0 bridgehead atoms. The summed E-state index contributed by atoms with van der Waals surface area (Å²) in [7, 11) is 0. The highest BCUT2D eigenvalue weighted by atomic mass is 79.9. The van der Waals surface area contributed by atoms with Gasteiger partial charge < -0.3 is 19.7 Å². The second-order valence-corrected chi connectivity index (χ2v) is 8.52. The molecule has 0 unspecified atom stereocenters. The molecular formula is C17H16Br4O4. The first-order chi connectivity index (χ1) is 12.0. The number of aliphatic hydroxyl groups is 2. The van der Waals surface area contributed by atoms with Gasteiger partial charge in [-0.05, 0) is 106 Å². The maximum Gasteiger partial charge on any atom is 0.147 e. The van der Waals surface area contributed by atoms with E-state index in [1.54, 1.807) is 0 Å². The van der Waals surface area contributed by atoms with E-state index in [0.717, 1.165) is 35.4 Å². The molecule has 0 radical (unpaired) electrons. The lowest BCUT2D eigenvalue weighted by atomic mass is 10.0. The van der Waals surface area contributed by atoms with Crippen LogP contribution in [-0.4, -0.2) is 36.6 Å². The van der Waals surface area contributed by atoms with Crippen molar-refractivity contribution >= 4 is 63.7 Å². The van der Waals surface area contributed by atoms with Gasteiger partial charge in [0.15, 0.2) is 0 Å². The molecule has 0 atom stereocenters. The Balaban J connectivity index is 2.22. The van der Waals surface area contributed by atoms with E-state index in [9.17, 15) is 0 Å². The van der Waals surface area contributed by atoms with E-state index in [1.165, 1.54) is 0 Å². The third-order valence-corrected chi connectivity index (χ3v) is 5.56. The third-order valence-electron chi connectivity index (χ3n) is 3.20. The highest BCUT2D eigenvalue weighted by Gasteiger charge is 2.12. The van der Waals surface area contributed by atoms with Gasteiger partial charge in [-0.25, -0.2) is 0 Å². The first kappa shape index (κ1) is 21.2. The molecule has 0 aliphatic rings. The van der Waals surface area contributed by atoms with Gasteiger partial charge in [-0.1, -0.05) is 0 Å². The van der Waals surface area contributed by atoms with Crippen LogP contribution in [0.15, 0.2) is 42.2 Å². The number of aliphatic hydroxyl groups excluding tert-OH is 2. The zero-order valence-electron chi connectivity index (χ0n) is 13.1. The van der Waals surface area contributed by atoms with Crippen molar-refractivity contribution in [1.82, 2.24) is 0 Å². The van der Waals surface area contributed by atoms with Gasteiger partial charge in [0.25, 0.3) is 0 Å². The van der Waals surface area contributed by atoms with Crippen molar-refractivity contribution in [3.8, 4) is 11.5 Å². The lowest BCUT2D eigenvalue weighted by Crippen LogP contribution is -2.04. The summed E-state index contributed by atoms with van der Waals surface area (Å²) in [5.74, 6) is 1.35. The Morgan fingerprint density at radius 2 is 0.960 bits per heavy atom. The normalized spacial score (nSPS) is 10.8. The Hall–Kier alpha value is -0.120. The average Bonchev–Trinajstić information content (AvgIpc) is 2.53. The molecule has 8 heteroatoms. The minimum atomic E-state index is -0.0343. The molecule has 0 heterocycles. The topological polar surface area (TPSA) is 58.9 Å².